The van der Waals surface area contributed by atoms with Gasteiger partial charge in [-0.05, 0) is 55.8 Å². The van der Waals surface area contributed by atoms with Crippen LogP contribution in [-0.4, -0.2) is 28.4 Å². The number of ketones is 1. The van der Waals surface area contributed by atoms with Gasteiger partial charge in [-0.3, -0.25) is 19.5 Å². The highest BCUT2D eigenvalue weighted by Crippen LogP contribution is 2.43. The van der Waals surface area contributed by atoms with E-state index in [0.717, 1.165) is 0 Å². The fourth-order valence-electron chi connectivity index (χ4n) is 3.81. The zero-order chi connectivity index (χ0) is 22.8. The third-order valence-corrected chi connectivity index (χ3v) is 5.74. The second-order valence-corrected chi connectivity index (χ2v) is 7.68. The lowest BCUT2D eigenvalue weighted by atomic mass is 9.98. The van der Waals surface area contributed by atoms with Crippen LogP contribution in [0.25, 0.3) is 5.76 Å². The number of aliphatic hydroxyl groups is 1. The lowest BCUT2D eigenvalue weighted by Gasteiger charge is -2.26. The summed E-state index contributed by atoms with van der Waals surface area (Å²) in [6, 6.07) is 16.2. The minimum Gasteiger partial charge on any atom is -0.507 e. The van der Waals surface area contributed by atoms with Crippen molar-refractivity contribution in [2.45, 2.75) is 19.9 Å². The molecule has 0 spiro atoms. The predicted molar refractivity (Wildman–Crippen MR) is 123 cm³/mol. The van der Waals surface area contributed by atoms with Crippen molar-refractivity contribution < 1.29 is 19.4 Å². The van der Waals surface area contributed by atoms with Gasteiger partial charge >= 0.3 is 0 Å². The molecule has 162 valence electrons. The molecule has 2 heterocycles. The molecule has 32 heavy (non-hydrogen) atoms. The van der Waals surface area contributed by atoms with Crippen LogP contribution in [0.15, 0.2) is 72.4 Å². The molecule has 2 aromatic carbocycles. The van der Waals surface area contributed by atoms with Gasteiger partial charge < -0.3 is 9.84 Å². The third kappa shape index (κ3) is 3.74. The third-order valence-electron chi connectivity index (χ3n) is 5.33. The number of carbonyl (C=O) groups is 2. The summed E-state index contributed by atoms with van der Waals surface area (Å²) in [5.74, 6) is -1.29. The number of hydrogen-bond donors (Lipinski definition) is 1. The summed E-state index contributed by atoms with van der Waals surface area (Å²) in [5.41, 5.74) is 1.92. The number of hydrogen-bond acceptors (Lipinski definition) is 5. The number of amides is 1. The SMILES string of the molecule is CCOc1cccc(/C(O)=C2\C(=O)C(=O)N(c3cccc(Cl)c3C)C2c2ccccn2)c1. The van der Waals surface area contributed by atoms with Gasteiger partial charge in [-0.25, -0.2) is 0 Å². The van der Waals surface area contributed by atoms with Gasteiger partial charge in [-0.1, -0.05) is 35.9 Å². The number of nitrogens with zero attached hydrogens (tertiary/aromatic N) is 2. The summed E-state index contributed by atoms with van der Waals surface area (Å²) >= 11 is 6.30. The normalized spacial score (nSPS) is 17.6. The van der Waals surface area contributed by atoms with Crippen LogP contribution >= 0.6 is 11.6 Å². The van der Waals surface area contributed by atoms with Gasteiger partial charge in [0.15, 0.2) is 0 Å². The van der Waals surface area contributed by atoms with Crippen molar-refractivity contribution in [1.29, 1.82) is 0 Å². The van der Waals surface area contributed by atoms with Crippen molar-refractivity contribution in [2.24, 2.45) is 0 Å². The van der Waals surface area contributed by atoms with E-state index in [0.29, 0.717) is 39.9 Å². The van der Waals surface area contributed by atoms with Gasteiger partial charge in [0.2, 0.25) is 0 Å². The molecular formula is C25H21ClN2O4. The van der Waals surface area contributed by atoms with Gasteiger partial charge in [0.25, 0.3) is 11.7 Å². The Kier molecular flexibility index (Phi) is 5.97. The van der Waals surface area contributed by atoms with E-state index >= 15 is 0 Å². The first kappa shape index (κ1) is 21.6. The van der Waals surface area contributed by atoms with E-state index in [9.17, 15) is 14.7 Å². The molecule has 3 aromatic rings. The van der Waals surface area contributed by atoms with Crippen molar-refractivity contribution in [1.82, 2.24) is 4.98 Å². The highest BCUT2D eigenvalue weighted by Gasteiger charge is 2.48. The molecule has 1 atom stereocenters. The molecule has 1 N–H and O–H groups in total. The lowest BCUT2D eigenvalue weighted by Crippen LogP contribution is -2.30. The molecular weight excluding hydrogens is 428 g/mol. The maximum Gasteiger partial charge on any atom is 0.300 e. The second-order valence-electron chi connectivity index (χ2n) is 7.27. The van der Waals surface area contributed by atoms with Crippen molar-refractivity contribution >= 4 is 34.7 Å². The summed E-state index contributed by atoms with van der Waals surface area (Å²) in [6.45, 7) is 4.08. The maximum absolute atomic E-state index is 13.2. The van der Waals surface area contributed by atoms with Crippen LogP contribution in [0, 0.1) is 6.92 Å². The van der Waals surface area contributed by atoms with E-state index in [1.54, 1.807) is 73.8 Å². The fourth-order valence-corrected chi connectivity index (χ4v) is 3.98. The number of ether oxygens (including phenoxy) is 1. The molecule has 1 unspecified atom stereocenters. The fraction of sp³-hybridized carbons (Fsp3) is 0.160. The summed E-state index contributed by atoms with van der Waals surface area (Å²) in [4.78, 5) is 32.1. The Hall–Kier alpha value is -3.64. The second kappa shape index (κ2) is 8.85. The molecule has 7 heteroatoms. The first-order chi connectivity index (χ1) is 15.4. The minimum atomic E-state index is -0.913. The maximum atomic E-state index is 13.2. The van der Waals surface area contributed by atoms with Crippen molar-refractivity contribution in [3.05, 3.63) is 94.3 Å². The topological polar surface area (TPSA) is 79.7 Å². The number of benzene rings is 2. The van der Waals surface area contributed by atoms with Crippen LogP contribution in [0.1, 0.15) is 29.8 Å². The van der Waals surface area contributed by atoms with Crippen molar-refractivity contribution in [3.8, 4) is 5.75 Å². The number of rotatable bonds is 5. The lowest BCUT2D eigenvalue weighted by molar-refractivity contribution is -0.132. The molecule has 0 saturated carbocycles. The van der Waals surface area contributed by atoms with Gasteiger partial charge in [-0.15, -0.1) is 0 Å². The first-order valence-electron chi connectivity index (χ1n) is 10.1. The molecule has 1 saturated heterocycles. The molecule has 6 nitrogen and oxygen atoms in total. The van der Waals surface area contributed by atoms with Crippen LogP contribution in [0.5, 0.6) is 5.75 Å². The smallest absolute Gasteiger partial charge is 0.300 e. The number of anilines is 1. The van der Waals surface area contributed by atoms with Crippen molar-refractivity contribution in [3.63, 3.8) is 0 Å². The molecule has 0 aliphatic carbocycles. The van der Waals surface area contributed by atoms with Crippen LogP contribution < -0.4 is 9.64 Å². The monoisotopic (exact) mass is 448 g/mol. The minimum absolute atomic E-state index is 0.0401. The Morgan fingerprint density at radius 3 is 2.62 bits per heavy atom. The molecule has 0 radical (unpaired) electrons. The van der Waals surface area contributed by atoms with Gasteiger partial charge in [0, 0.05) is 22.5 Å². The van der Waals surface area contributed by atoms with E-state index < -0.39 is 17.7 Å². The molecule has 1 fully saturated rings. The first-order valence-corrected chi connectivity index (χ1v) is 10.5. The Morgan fingerprint density at radius 2 is 1.91 bits per heavy atom. The van der Waals surface area contributed by atoms with Gasteiger partial charge in [0.1, 0.15) is 17.6 Å². The van der Waals surface area contributed by atoms with E-state index in [4.69, 9.17) is 16.3 Å². The van der Waals surface area contributed by atoms with E-state index in [-0.39, 0.29) is 11.3 Å². The number of pyridine rings is 1. The number of Topliss-reactive ketones (excluding diaryl/α,β-unsaturated/α-hetero) is 1. The van der Waals surface area contributed by atoms with Crippen LogP contribution in [0.2, 0.25) is 5.02 Å². The molecule has 1 aromatic heterocycles. The Labute approximate surface area is 190 Å². The van der Waals surface area contributed by atoms with Crippen LogP contribution in [0.3, 0.4) is 0 Å². The highest BCUT2D eigenvalue weighted by molar-refractivity contribution is 6.52. The number of carbonyl (C=O) groups excluding carboxylic acids is 2. The summed E-state index contributed by atoms with van der Waals surface area (Å²) in [5, 5.41) is 11.7. The quantitative estimate of drug-likeness (QED) is 0.335. The largest absolute Gasteiger partial charge is 0.507 e. The Morgan fingerprint density at radius 1 is 1.12 bits per heavy atom. The zero-order valence-corrected chi connectivity index (χ0v) is 18.3. The standard InChI is InChI=1S/C25H21ClN2O4/c1-3-32-17-9-6-8-16(14-17)23(29)21-22(19-11-4-5-13-27-19)28(25(31)24(21)30)20-12-7-10-18(26)15(20)2/h4-14,22,29H,3H2,1-2H3/b23-21+. The summed E-state index contributed by atoms with van der Waals surface area (Å²) in [7, 11) is 0. The molecule has 4 rings (SSSR count). The molecule has 1 amide bonds. The summed E-state index contributed by atoms with van der Waals surface area (Å²) in [6.07, 6.45) is 1.58. The number of halogens is 1. The van der Waals surface area contributed by atoms with Gasteiger partial charge in [0.05, 0.1) is 17.9 Å². The average molecular weight is 449 g/mol. The summed E-state index contributed by atoms with van der Waals surface area (Å²) < 4.78 is 5.52. The predicted octanol–water partition coefficient (Wildman–Crippen LogP) is 5.07. The highest BCUT2D eigenvalue weighted by atomic mass is 35.5. The van der Waals surface area contributed by atoms with Crippen LogP contribution in [-0.2, 0) is 9.59 Å². The van der Waals surface area contributed by atoms with Crippen LogP contribution in [0.4, 0.5) is 5.69 Å². The molecule has 1 aliphatic heterocycles. The zero-order valence-electron chi connectivity index (χ0n) is 17.6. The number of aromatic nitrogens is 1. The molecule has 0 bridgehead atoms. The number of aliphatic hydroxyl groups excluding tert-OH is 1. The Bertz CT molecular complexity index is 1220. The molecule has 1 aliphatic rings. The van der Waals surface area contributed by atoms with Gasteiger partial charge in [-0.2, -0.15) is 0 Å². The average Bonchev–Trinajstić information content (AvgIpc) is 3.07. The van der Waals surface area contributed by atoms with E-state index in [2.05, 4.69) is 4.98 Å². The van der Waals surface area contributed by atoms with E-state index in [1.807, 2.05) is 6.92 Å². The van der Waals surface area contributed by atoms with E-state index in [1.165, 1.54) is 4.90 Å². The van der Waals surface area contributed by atoms with Crippen molar-refractivity contribution in [2.75, 3.05) is 11.5 Å². The Balaban J connectivity index is 1.94.